The molecule has 19 heavy (non-hydrogen) atoms. The molecule has 106 valence electrons. The highest BCUT2D eigenvalue weighted by Crippen LogP contribution is 2.17. The third-order valence-electron chi connectivity index (χ3n) is 3.81. The molecule has 0 radical (unpaired) electrons. The maximum Gasteiger partial charge on any atom is 0.133 e. The first kappa shape index (κ1) is 14.3. The smallest absolute Gasteiger partial charge is 0.133 e. The SMILES string of the molecule is CCN1CCCC(CNc2ccnc(C(C)C)n2)C1. The molecule has 1 aliphatic heterocycles. The first-order chi connectivity index (χ1) is 9.19. The second-order valence-electron chi connectivity index (χ2n) is 5.74. The van der Waals surface area contributed by atoms with Gasteiger partial charge in [0.2, 0.25) is 0 Å². The minimum atomic E-state index is 0.381. The Morgan fingerprint density at radius 3 is 3.05 bits per heavy atom. The molecule has 1 saturated heterocycles. The van der Waals surface area contributed by atoms with Gasteiger partial charge in [0, 0.05) is 25.2 Å². The molecule has 0 spiro atoms. The number of hydrogen-bond donors (Lipinski definition) is 1. The summed E-state index contributed by atoms with van der Waals surface area (Å²) in [5, 5.41) is 3.48. The summed E-state index contributed by atoms with van der Waals surface area (Å²) in [6.45, 7) is 11.2. The number of likely N-dealkylation sites (tertiary alicyclic amines) is 1. The third kappa shape index (κ3) is 4.16. The molecule has 4 nitrogen and oxygen atoms in total. The Hall–Kier alpha value is -1.16. The summed E-state index contributed by atoms with van der Waals surface area (Å²) in [5.41, 5.74) is 0. The maximum atomic E-state index is 4.56. The van der Waals surface area contributed by atoms with E-state index in [9.17, 15) is 0 Å². The van der Waals surface area contributed by atoms with E-state index in [-0.39, 0.29) is 0 Å². The number of nitrogens with zero attached hydrogens (tertiary/aromatic N) is 3. The van der Waals surface area contributed by atoms with Gasteiger partial charge < -0.3 is 10.2 Å². The number of piperidine rings is 1. The lowest BCUT2D eigenvalue weighted by Gasteiger charge is -2.31. The number of aromatic nitrogens is 2. The minimum absolute atomic E-state index is 0.381. The van der Waals surface area contributed by atoms with E-state index in [1.165, 1.54) is 32.5 Å². The van der Waals surface area contributed by atoms with Gasteiger partial charge in [-0.2, -0.15) is 0 Å². The Balaban J connectivity index is 1.86. The van der Waals surface area contributed by atoms with Crippen LogP contribution in [0.5, 0.6) is 0 Å². The van der Waals surface area contributed by atoms with Crippen molar-refractivity contribution in [1.82, 2.24) is 14.9 Å². The summed E-state index contributed by atoms with van der Waals surface area (Å²) < 4.78 is 0. The van der Waals surface area contributed by atoms with E-state index in [0.29, 0.717) is 5.92 Å². The minimum Gasteiger partial charge on any atom is -0.370 e. The number of nitrogens with one attached hydrogen (secondary N) is 1. The highest BCUT2D eigenvalue weighted by molar-refractivity contribution is 5.33. The first-order valence-electron chi connectivity index (χ1n) is 7.48. The normalized spacial score (nSPS) is 20.7. The summed E-state index contributed by atoms with van der Waals surface area (Å²) in [6.07, 6.45) is 4.50. The van der Waals surface area contributed by atoms with Gasteiger partial charge in [-0.25, -0.2) is 9.97 Å². The molecule has 2 heterocycles. The summed E-state index contributed by atoms with van der Waals surface area (Å²) in [5.74, 6) is 3.01. The van der Waals surface area contributed by atoms with E-state index < -0.39 is 0 Å². The van der Waals surface area contributed by atoms with Crippen LogP contribution in [0.25, 0.3) is 0 Å². The topological polar surface area (TPSA) is 41.0 Å². The van der Waals surface area contributed by atoms with Gasteiger partial charge in [0.05, 0.1) is 0 Å². The summed E-state index contributed by atoms with van der Waals surface area (Å²) >= 11 is 0. The highest BCUT2D eigenvalue weighted by Gasteiger charge is 2.18. The van der Waals surface area contributed by atoms with E-state index in [1.807, 2.05) is 12.3 Å². The van der Waals surface area contributed by atoms with Crippen molar-refractivity contribution in [2.75, 3.05) is 31.5 Å². The lowest BCUT2D eigenvalue weighted by molar-refractivity contribution is 0.189. The van der Waals surface area contributed by atoms with Crippen LogP contribution < -0.4 is 5.32 Å². The van der Waals surface area contributed by atoms with Crippen LogP contribution in [-0.2, 0) is 0 Å². The van der Waals surface area contributed by atoms with E-state index >= 15 is 0 Å². The van der Waals surface area contributed by atoms with Gasteiger partial charge in [-0.3, -0.25) is 0 Å². The maximum absolute atomic E-state index is 4.56. The van der Waals surface area contributed by atoms with Crippen molar-refractivity contribution in [2.24, 2.45) is 5.92 Å². The van der Waals surface area contributed by atoms with E-state index in [4.69, 9.17) is 0 Å². The average Bonchev–Trinajstić information content (AvgIpc) is 2.45. The van der Waals surface area contributed by atoms with Crippen LogP contribution in [0.3, 0.4) is 0 Å². The third-order valence-corrected chi connectivity index (χ3v) is 3.81. The van der Waals surface area contributed by atoms with Gasteiger partial charge in [0.15, 0.2) is 0 Å². The fourth-order valence-electron chi connectivity index (χ4n) is 2.60. The van der Waals surface area contributed by atoms with Crippen LogP contribution in [0.4, 0.5) is 5.82 Å². The Labute approximate surface area is 116 Å². The Morgan fingerprint density at radius 1 is 1.47 bits per heavy atom. The van der Waals surface area contributed by atoms with Crippen LogP contribution in [-0.4, -0.2) is 41.0 Å². The van der Waals surface area contributed by atoms with E-state index in [0.717, 1.165) is 24.1 Å². The van der Waals surface area contributed by atoms with Crippen LogP contribution in [0.2, 0.25) is 0 Å². The van der Waals surface area contributed by atoms with Gasteiger partial charge in [-0.15, -0.1) is 0 Å². The van der Waals surface area contributed by atoms with Crippen LogP contribution in [0.1, 0.15) is 45.4 Å². The van der Waals surface area contributed by atoms with Crippen LogP contribution in [0.15, 0.2) is 12.3 Å². The number of rotatable bonds is 5. The van der Waals surface area contributed by atoms with Gasteiger partial charge in [0.25, 0.3) is 0 Å². The first-order valence-corrected chi connectivity index (χ1v) is 7.48. The molecule has 1 aliphatic rings. The number of hydrogen-bond acceptors (Lipinski definition) is 4. The summed E-state index contributed by atoms with van der Waals surface area (Å²) in [7, 11) is 0. The van der Waals surface area contributed by atoms with Crippen molar-refractivity contribution in [3.8, 4) is 0 Å². The highest BCUT2D eigenvalue weighted by atomic mass is 15.1. The van der Waals surface area contributed by atoms with Crippen molar-refractivity contribution >= 4 is 5.82 Å². The molecule has 2 rings (SSSR count). The largest absolute Gasteiger partial charge is 0.370 e. The molecule has 0 saturated carbocycles. The molecule has 1 aromatic heterocycles. The molecule has 4 heteroatoms. The Kier molecular flexibility index (Phi) is 5.14. The monoisotopic (exact) mass is 262 g/mol. The molecular formula is C15H26N4. The van der Waals surface area contributed by atoms with Gasteiger partial charge in [-0.1, -0.05) is 20.8 Å². The second kappa shape index (κ2) is 6.85. The van der Waals surface area contributed by atoms with Gasteiger partial charge in [0.1, 0.15) is 11.6 Å². The molecule has 1 atom stereocenters. The van der Waals surface area contributed by atoms with Crippen LogP contribution >= 0.6 is 0 Å². The summed E-state index contributed by atoms with van der Waals surface area (Å²) in [6, 6.07) is 1.96. The fraction of sp³-hybridized carbons (Fsp3) is 0.733. The lowest BCUT2D eigenvalue weighted by atomic mass is 9.98. The van der Waals surface area contributed by atoms with Crippen molar-refractivity contribution in [3.63, 3.8) is 0 Å². The van der Waals surface area contributed by atoms with Gasteiger partial charge >= 0.3 is 0 Å². The predicted octanol–water partition coefficient (Wildman–Crippen LogP) is 2.74. The molecule has 0 aromatic carbocycles. The molecule has 1 N–H and O–H groups in total. The van der Waals surface area contributed by atoms with Crippen molar-refractivity contribution in [3.05, 3.63) is 18.1 Å². The fourth-order valence-corrected chi connectivity index (χ4v) is 2.60. The zero-order valence-corrected chi connectivity index (χ0v) is 12.4. The number of anilines is 1. The zero-order chi connectivity index (χ0) is 13.7. The Morgan fingerprint density at radius 2 is 2.32 bits per heavy atom. The molecule has 0 aliphatic carbocycles. The van der Waals surface area contributed by atoms with Crippen molar-refractivity contribution in [2.45, 2.75) is 39.5 Å². The van der Waals surface area contributed by atoms with Gasteiger partial charge in [-0.05, 0) is 37.9 Å². The molecule has 0 amide bonds. The standard InChI is InChI=1S/C15H26N4/c1-4-19-9-5-6-13(11-19)10-17-14-7-8-16-15(18-14)12(2)3/h7-8,12-13H,4-6,9-11H2,1-3H3,(H,16,17,18). The van der Waals surface area contributed by atoms with E-state index in [2.05, 4.69) is 41.0 Å². The quantitative estimate of drug-likeness (QED) is 0.886. The second-order valence-corrected chi connectivity index (χ2v) is 5.74. The molecule has 1 aromatic rings. The zero-order valence-electron chi connectivity index (χ0n) is 12.4. The van der Waals surface area contributed by atoms with Crippen LogP contribution in [0, 0.1) is 5.92 Å². The summed E-state index contributed by atoms with van der Waals surface area (Å²) in [4.78, 5) is 11.4. The average molecular weight is 262 g/mol. The Bertz CT molecular complexity index is 391. The van der Waals surface area contributed by atoms with Crippen molar-refractivity contribution in [1.29, 1.82) is 0 Å². The molecule has 1 fully saturated rings. The van der Waals surface area contributed by atoms with Crippen molar-refractivity contribution < 1.29 is 0 Å². The molecule has 0 bridgehead atoms. The van der Waals surface area contributed by atoms with E-state index in [1.54, 1.807) is 0 Å². The predicted molar refractivity (Wildman–Crippen MR) is 79.4 cm³/mol. The molecule has 1 unspecified atom stereocenters. The lowest BCUT2D eigenvalue weighted by Crippen LogP contribution is -2.37. The molecular weight excluding hydrogens is 236 g/mol.